The van der Waals surface area contributed by atoms with Crippen molar-refractivity contribution < 1.29 is 13.2 Å². The standard InChI is InChI=1S/C14H19F3N2/c1-4-10(3)8-13(18-5-2)12-7-6-11(9-19-12)14(15,16)17/h6-7,9,13,18H,3-5,8H2,1-2H3. The first-order valence-electron chi connectivity index (χ1n) is 6.31. The molecule has 1 N–H and O–H groups in total. The minimum atomic E-state index is -4.34. The Kier molecular flexibility index (Phi) is 5.54. The fraction of sp³-hybridized carbons (Fsp3) is 0.500. The van der Waals surface area contributed by atoms with E-state index in [2.05, 4.69) is 16.9 Å². The number of aromatic nitrogens is 1. The Morgan fingerprint density at radius 1 is 1.37 bits per heavy atom. The van der Waals surface area contributed by atoms with Crippen molar-refractivity contribution >= 4 is 0 Å². The van der Waals surface area contributed by atoms with E-state index < -0.39 is 11.7 Å². The molecule has 0 aliphatic carbocycles. The molecule has 1 rings (SSSR count). The van der Waals surface area contributed by atoms with Crippen LogP contribution in [0.25, 0.3) is 0 Å². The maximum absolute atomic E-state index is 12.5. The molecule has 0 aliphatic rings. The molecule has 19 heavy (non-hydrogen) atoms. The van der Waals surface area contributed by atoms with Crippen molar-refractivity contribution in [3.8, 4) is 0 Å². The first-order chi connectivity index (χ1) is 8.88. The number of halogens is 3. The lowest BCUT2D eigenvalue weighted by Gasteiger charge is -2.18. The van der Waals surface area contributed by atoms with E-state index in [1.807, 2.05) is 13.8 Å². The van der Waals surface area contributed by atoms with Gasteiger partial charge in [-0.15, -0.1) is 0 Å². The summed E-state index contributed by atoms with van der Waals surface area (Å²) >= 11 is 0. The monoisotopic (exact) mass is 272 g/mol. The third-order valence-corrected chi connectivity index (χ3v) is 2.91. The maximum Gasteiger partial charge on any atom is 0.417 e. The van der Waals surface area contributed by atoms with Crippen LogP contribution in [0.1, 0.15) is 44.0 Å². The molecule has 1 unspecified atom stereocenters. The molecule has 0 aromatic carbocycles. The van der Waals surface area contributed by atoms with Gasteiger partial charge in [0, 0.05) is 6.20 Å². The van der Waals surface area contributed by atoms with Crippen molar-refractivity contribution in [1.29, 1.82) is 0 Å². The van der Waals surface area contributed by atoms with E-state index in [9.17, 15) is 13.2 Å². The number of nitrogens with one attached hydrogen (secondary N) is 1. The van der Waals surface area contributed by atoms with E-state index >= 15 is 0 Å². The quantitative estimate of drug-likeness (QED) is 0.788. The number of alkyl halides is 3. The van der Waals surface area contributed by atoms with Crippen molar-refractivity contribution in [3.63, 3.8) is 0 Å². The van der Waals surface area contributed by atoms with Gasteiger partial charge in [-0.2, -0.15) is 13.2 Å². The normalized spacial score (nSPS) is 13.3. The average molecular weight is 272 g/mol. The molecule has 1 aromatic rings. The summed E-state index contributed by atoms with van der Waals surface area (Å²) < 4.78 is 37.4. The van der Waals surface area contributed by atoms with Crippen LogP contribution in [-0.4, -0.2) is 11.5 Å². The zero-order chi connectivity index (χ0) is 14.5. The van der Waals surface area contributed by atoms with Crippen LogP contribution in [0.2, 0.25) is 0 Å². The fourth-order valence-electron chi connectivity index (χ4n) is 1.74. The van der Waals surface area contributed by atoms with Gasteiger partial charge in [0.25, 0.3) is 0 Å². The summed E-state index contributed by atoms with van der Waals surface area (Å²) in [7, 11) is 0. The second-order valence-electron chi connectivity index (χ2n) is 4.39. The summed E-state index contributed by atoms with van der Waals surface area (Å²) in [6, 6.07) is 2.42. The molecule has 1 heterocycles. The molecule has 1 aromatic heterocycles. The van der Waals surface area contributed by atoms with Gasteiger partial charge in [-0.3, -0.25) is 4.98 Å². The topological polar surface area (TPSA) is 24.9 Å². The van der Waals surface area contributed by atoms with Gasteiger partial charge in [0.1, 0.15) is 0 Å². The second-order valence-corrected chi connectivity index (χ2v) is 4.39. The highest BCUT2D eigenvalue weighted by Gasteiger charge is 2.30. The highest BCUT2D eigenvalue weighted by atomic mass is 19.4. The summed E-state index contributed by atoms with van der Waals surface area (Å²) in [6.07, 6.45) is -1.92. The van der Waals surface area contributed by atoms with Gasteiger partial charge in [-0.25, -0.2) is 0 Å². The minimum Gasteiger partial charge on any atom is -0.309 e. The van der Waals surface area contributed by atoms with E-state index in [4.69, 9.17) is 0 Å². The molecule has 1 atom stereocenters. The Balaban J connectivity index is 2.88. The Morgan fingerprint density at radius 3 is 2.47 bits per heavy atom. The third-order valence-electron chi connectivity index (χ3n) is 2.91. The molecule has 0 aliphatic heterocycles. The lowest BCUT2D eigenvalue weighted by Crippen LogP contribution is -2.22. The number of hydrogen-bond donors (Lipinski definition) is 1. The molecule has 0 fully saturated rings. The van der Waals surface area contributed by atoms with Crippen LogP contribution in [0.15, 0.2) is 30.5 Å². The summed E-state index contributed by atoms with van der Waals surface area (Å²) in [5.41, 5.74) is 0.943. The smallest absolute Gasteiger partial charge is 0.309 e. The van der Waals surface area contributed by atoms with E-state index in [-0.39, 0.29) is 6.04 Å². The fourth-order valence-corrected chi connectivity index (χ4v) is 1.74. The molecule has 0 saturated carbocycles. The predicted octanol–water partition coefficient (Wildman–Crippen LogP) is 4.11. The van der Waals surface area contributed by atoms with Crippen molar-refractivity contribution in [2.75, 3.05) is 6.54 Å². The molecule has 0 radical (unpaired) electrons. The van der Waals surface area contributed by atoms with Gasteiger partial charge >= 0.3 is 6.18 Å². The molecule has 2 nitrogen and oxygen atoms in total. The Labute approximate surface area is 111 Å². The molecule has 0 spiro atoms. The van der Waals surface area contributed by atoms with Gasteiger partial charge in [0.15, 0.2) is 0 Å². The number of nitrogens with zero attached hydrogens (tertiary/aromatic N) is 1. The van der Waals surface area contributed by atoms with Crippen molar-refractivity contribution in [1.82, 2.24) is 10.3 Å². The predicted molar refractivity (Wildman–Crippen MR) is 69.7 cm³/mol. The second kappa shape index (κ2) is 6.70. The van der Waals surface area contributed by atoms with Crippen LogP contribution in [0, 0.1) is 0 Å². The van der Waals surface area contributed by atoms with Gasteiger partial charge in [0.05, 0.1) is 17.3 Å². The number of hydrogen-bond acceptors (Lipinski definition) is 2. The third kappa shape index (κ3) is 4.67. The molecular weight excluding hydrogens is 253 g/mol. The van der Waals surface area contributed by atoms with E-state index in [0.717, 1.165) is 30.8 Å². The van der Waals surface area contributed by atoms with Crippen molar-refractivity contribution in [3.05, 3.63) is 41.7 Å². The molecule has 0 amide bonds. The van der Waals surface area contributed by atoms with E-state index in [1.165, 1.54) is 6.07 Å². The Bertz CT molecular complexity index is 410. The van der Waals surface area contributed by atoms with Crippen LogP contribution >= 0.6 is 0 Å². The molecule has 0 saturated heterocycles. The summed E-state index contributed by atoms with van der Waals surface area (Å²) in [4.78, 5) is 3.93. The van der Waals surface area contributed by atoms with E-state index in [0.29, 0.717) is 12.1 Å². The summed E-state index contributed by atoms with van der Waals surface area (Å²) in [5.74, 6) is 0. The zero-order valence-corrected chi connectivity index (χ0v) is 11.2. The number of rotatable bonds is 6. The lowest BCUT2D eigenvalue weighted by atomic mass is 10.0. The minimum absolute atomic E-state index is 0.0836. The van der Waals surface area contributed by atoms with Gasteiger partial charge in [-0.1, -0.05) is 26.0 Å². The first kappa shape index (κ1) is 15.7. The SMILES string of the molecule is C=C(CC)CC(NCC)c1ccc(C(F)(F)F)cn1. The summed E-state index contributed by atoms with van der Waals surface area (Å²) in [5, 5.41) is 3.22. The molecule has 106 valence electrons. The maximum atomic E-state index is 12.5. The van der Waals surface area contributed by atoms with Gasteiger partial charge < -0.3 is 5.32 Å². The Morgan fingerprint density at radius 2 is 2.05 bits per heavy atom. The zero-order valence-electron chi connectivity index (χ0n) is 11.2. The lowest BCUT2D eigenvalue weighted by molar-refractivity contribution is -0.137. The summed E-state index contributed by atoms with van der Waals surface area (Å²) in [6.45, 7) is 8.61. The molecular formula is C14H19F3N2. The largest absolute Gasteiger partial charge is 0.417 e. The van der Waals surface area contributed by atoms with Crippen LogP contribution in [0.5, 0.6) is 0 Å². The molecule has 5 heteroatoms. The Hall–Kier alpha value is -1.36. The van der Waals surface area contributed by atoms with Crippen molar-refractivity contribution in [2.45, 2.75) is 38.9 Å². The highest BCUT2D eigenvalue weighted by Crippen LogP contribution is 2.29. The molecule has 0 bridgehead atoms. The first-order valence-corrected chi connectivity index (χ1v) is 6.31. The van der Waals surface area contributed by atoms with Crippen LogP contribution < -0.4 is 5.32 Å². The number of pyridine rings is 1. The van der Waals surface area contributed by atoms with Gasteiger partial charge in [0.2, 0.25) is 0 Å². The highest BCUT2D eigenvalue weighted by molar-refractivity contribution is 5.20. The van der Waals surface area contributed by atoms with Crippen LogP contribution in [0.4, 0.5) is 13.2 Å². The average Bonchev–Trinajstić information content (AvgIpc) is 2.37. The van der Waals surface area contributed by atoms with Crippen LogP contribution in [0.3, 0.4) is 0 Å². The van der Waals surface area contributed by atoms with Gasteiger partial charge in [-0.05, 0) is 31.5 Å². The van der Waals surface area contributed by atoms with Crippen LogP contribution in [-0.2, 0) is 6.18 Å². The van der Waals surface area contributed by atoms with Crippen molar-refractivity contribution in [2.24, 2.45) is 0 Å². The van der Waals surface area contributed by atoms with E-state index in [1.54, 1.807) is 0 Å².